The molecule has 0 aliphatic heterocycles. The summed E-state index contributed by atoms with van der Waals surface area (Å²) in [6.07, 6.45) is 10.5. The lowest BCUT2D eigenvalue weighted by Gasteiger charge is -2.22. The molecule has 0 heterocycles. The first-order valence-corrected chi connectivity index (χ1v) is 15.0. The van der Waals surface area contributed by atoms with E-state index in [0.717, 1.165) is 57.8 Å². The fraction of sp³-hybridized carbons (Fsp3) is 0.966. The lowest BCUT2D eigenvalue weighted by Crippen LogP contribution is -2.32. The van der Waals surface area contributed by atoms with Gasteiger partial charge in [0.25, 0.3) is 0 Å². The maximum Gasteiger partial charge on any atom is 0.302 e. The maximum atomic E-state index is 11.2. The molecule has 9 nitrogen and oxygen atoms in total. The molecule has 0 radical (unpaired) electrons. The lowest BCUT2D eigenvalue weighted by molar-refractivity contribution is -0.147. The van der Waals surface area contributed by atoms with Gasteiger partial charge in [0.05, 0.1) is 37.6 Å². The van der Waals surface area contributed by atoms with Crippen molar-refractivity contribution in [2.24, 2.45) is 0 Å². The molecule has 228 valence electrons. The van der Waals surface area contributed by atoms with Gasteiger partial charge in [-0.15, -0.1) is 0 Å². The van der Waals surface area contributed by atoms with Crippen LogP contribution in [0.5, 0.6) is 0 Å². The molecule has 0 aromatic heterocycles. The second-order valence-electron chi connectivity index (χ2n) is 10.7. The molecule has 0 aromatic rings. The van der Waals surface area contributed by atoms with Gasteiger partial charge in [0.1, 0.15) is 12.2 Å². The van der Waals surface area contributed by atoms with Crippen LogP contribution in [0.25, 0.3) is 0 Å². The third kappa shape index (κ3) is 22.1. The highest BCUT2D eigenvalue weighted by molar-refractivity contribution is 5.66. The third-order valence-electron chi connectivity index (χ3n) is 6.96. The highest BCUT2D eigenvalue weighted by Gasteiger charge is 2.21. The van der Waals surface area contributed by atoms with Crippen LogP contribution in [0.1, 0.15) is 123 Å². The van der Waals surface area contributed by atoms with Gasteiger partial charge in [-0.1, -0.05) is 71.1 Å². The van der Waals surface area contributed by atoms with Crippen molar-refractivity contribution >= 4 is 5.97 Å². The van der Waals surface area contributed by atoms with Crippen molar-refractivity contribution in [2.45, 2.75) is 160 Å². The first-order chi connectivity index (χ1) is 18.2. The molecule has 38 heavy (non-hydrogen) atoms. The van der Waals surface area contributed by atoms with Crippen LogP contribution >= 0.6 is 0 Å². The quantitative estimate of drug-likeness (QED) is 0.0666. The number of carbonyl (C=O) groups is 1. The zero-order valence-corrected chi connectivity index (χ0v) is 24.0. The molecule has 0 amide bonds. The first kappa shape index (κ1) is 37.2. The number of aliphatic hydroxyl groups excluding tert-OH is 6. The van der Waals surface area contributed by atoms with Crippen molar-refractivity contribution in [3.63, 3.8) is 0 Å². The van der Waals surface area contributed by atoms with Crippen LogP contribution in [0.15, 0.2) is 0 Å². The molecule has 0 saturated heterocycles. The number of carbonyl (C=O) groups excluding carboxylic acids is 1. The van der Waals surface area contributed by atoms with Crippen LogP contribution in [0.3, 0.4) is 0 Å². The average Bonchev–Trinajstić information content (AvgIpc) is 2.89. The van der Waals surface area contributed by atoms with Crippen LogP contribution in [0.2, 0.25) is 0 Å². The Balaban J connectivity index is 3.70. The standard InChI is InChI=1S/C29H58O9/c1-3-4-14-25(38-23(2)31)15-12-10-8-6-5-7-9-11-13-16-26(33)27(34)17-18-28(35)29(36)19-20-37-22-24(32)21-30/h24-30,32-36H,3-22H2,1-2H3/t24-,25+,26-,27+,28-,29+/m0/s1. The monoisotopic (exact) mass is 550 g/mol. The van der Waals surface area contributed by atoms with E-state index < -0.39 is 37.1 Å². The van der Waals surface area contributed by atoms with Gasteiger partial charge < -0.3 is 40.1 Å². The average molecular weight is 551 g/mol. The zero-order valence-electron chi connectivity index (χ0n) is 24.0. The van der Waals surface area contributed by atoms with Crippen LogP contribution < -0.4 is 0 Å². The number of ether oxygens (including phenoxy) is 2. The Morgan fingerprint density at radius 2 is 1.08 bits per heavy atom. The van der Waals surface area contributed by atoms with Crippen molar-refractivity contribution in [1.82, 2.24) is 0 Å². The Morgan fingerprint density at radius 1 is 0.632 bits per heavy atom. The summed E-state index contributed by atoms with van der Waals surface area (Å²) in [6.45, 7) is 3.34. The van der Waals surface area contributed by atoms with Crippen LogP contribution in [0.4, 0.5) is 0 Å². The van der Waals surface area contributed by atoms with Crippen molar-refractivity contribution in [1.29, 1.82) is 0 Å². The van der Waals surface area contributed by atoms with Crippen LogP contribution in [-0.2, 0) is 14.3 Å². The van der Waals surface area contributed by atoms with Gasteiger partial charge in [-0.05, 0) is 44.9 Å². The number of rotatable bonds is 27. The van der Waals surface area contributed by atoms with Crippen molar-refractivity contribution < 1.29 is 44.9 Å². The Hall–Kier alpha value is -0.810. The second kappa shape index (κ2) is 25.2. The van der Waals surface area contributed by atoms with Crippen molar-refractivity contribution in [3.05, 3.63) is 0 Å². The Bertz CT molecular complexity index is 534. The lowest BCUT2D eigenvalue weighted by atomic mass is 9.98. The molecule has 6 N–H and O–H groups in total. The smallest absolute Gasteiger partial charge is 0.302 e. The number of aliphatic hydroxyl groups is 6. The van der Waals surface area contributed by atoms with Gasteiger partial charge in [0.2, 0.25) is 0 Å². The molecular formula is C29H58O9. The Labute approximate surface area is 230 Å². The predicted octanol–water partition coefficient (Wildman–Crippen LogP) is 3.38. The van der Waals surface area contributed by atoms with Gasteiger partial charge in [-0.25, -0.2) is 0 Å². The molecule has 6 atom stereocenters. The fourth-order valence-electron chi connectivity index (χ4n) is 4.48. The molecule has 0 spiro atoms. The van der Waals surface area contributed by atoms with E-state index in [-0.39, 0.29) is 44.5 Å². The molecule has 0 unspecified atom stereocenters. The van der Waals surface area contributed by atoms with Gasteiger partial charge in [0, 0.05) is 13.5 Å². The van der Waals surface area contributed by atoms with E-state index in [1.54, 1.807) is 0 Å². The molecule has 0 aliphatic rings. The van der Waals surface area contributed by atoms with E-state index in [1.807, 2.05) is 0 Å². The first-order valence-electron chi connectivity index (χ1n) is 15.0. The minimum atomic E-state index is -1.03. The molecule has 0 aromatic carbocycles. The molecule has 0 bridgehead atoms. The SMILES string of the molecule is CCCC[C@H](CCCCCCCCCCC[C@H](O)[C@H](O)CC[C@H](O)[C@H](O)CCOC[C@@H](O)CO)OC(C)=O. The fourth-order valence-corrected chi connectivity index (χ4v) is 4.48. The Kier molecular flexibility index (Phi) is 24.6. The van der Waals surface area contributed by atoms with E-state index in [0.29, 0.717) is 6.42 Å². The highest BCUT2D eigenvalue weighted by Crippen LogP contribution is 2.17. The van der Waals surface area contributed by atoms with E-state index in [2.05, 4.69) is 6.92 Å². The molecule has 0 saturated carbocycles. The number of esters is 1. The van der Waals surface area contributed by atoms with Gasteiger partial charge >= 0.3 is 5.97 Å². The molecular weight excluding hydrogens is 492 g/mol. The van der Waals surface area contributed by atoms with E-state index in [9.17, 15) is 30.3 Å². The predicted molar refractivity (Wildman–Crippen MR) is 148 cm³/mol. The summed E-state index contributed by atoms with van der Waals surface area (Å²) in [5.74, 6) is -0.182. The largest absolute Gasteiger partial charge is 0.463 e. The van der Waals surface area contributed by atoms with Gasteiger partial charge in [-0.3, -0.25) is 4.79 Å². The van der Waals surface area contributed by atoms with Crippen molar-refractivity contribution in [3.8, 4) is 0 Å². The molecule has 0 rings (SSSR count). The van der Waals surface area contributed by atoms with Gasteiger partial charge in [-0.2, -0.15) is 0 Å². The number of unbranched alkanes of at least 4 members (excludes halogenated alkanes) is 9. The zero-order chi connectivity index (χ0) is 28.6. The summed E-state index contributed by atoms with van der Waals surface area (Å²) in [4.78, 5) is 11.2. The number of hydrogen-bond donors (Lipinski definition) is 6. The van der Waals surface area contributed by atoms with Crippen molar-refractivity contribution in [2.75, 3.05) is 19.8 Å². The summed E-state index contributed by atoms with van der Waals surface area (Å²) in [6, 6.07) is 0. The molecule has 9 heteroatoms. The van der Waals surface area contributed by atoms with E-state index >= 15 is 0 Å². The summed E-state index contributed by atoms with van der Waals surface area (Å²) in [5, 5.41) is 58.3. The molecule has 0 aliphatic carbocycles. The van der Waals surface area contributed by atoms with E-state index in [1.165, 1.54) is 32.6 Å². The summed E-state index contributed by atoms with van der Waals surface area (Å²) in [7, 11) is 0. The number of hydrogen-bond acceptors (Lipinski definition) is 9. The van der Waals surface area contributed by atoms with Crippen LogP contribution in [-0.4, -0.2) is 93.1 Å². The summed E-state index contributed by atoms with van der Waals surface area (Å²) in [5.41, 5.74) is 0. The normalized spacial score (nSPS) is 16.5. The minimum absolute atomic E-state index is 0.0377. The van der Waals surface area contributed by atoms with Gasteiger partial charge in [0.15, 0.2) is 0 Å². The van der Waals surface area contributed by atoms with Crippen LogP contribution in [0, 0.1) is 0 Å². The summed E-state index contributed by atoms with van der Waals surface area (Å²) >= 11 is 0. The minimum Gasteiger partial charge on any atom is -0.463 e. The second-order valence-corrected chi connectivity index (χ2v) is 10.7. The highest BCUT2D eigenvalue weighted by atomic mass is 16.5. The Morgan fingerprint density at radius 3 is 1.58 bits per heavy atom. The van der Waals surface area contributed by atoms with E-state index in [4.69, 9.17) is 14.6 Å². The maximum absolute atomic E-state index is 11.2. The molecule has 0 fully saturated rings. The summed E-state index contributed by atoms with van der Waals surface area (Å²) < 4.78 is 10.5. The third-order valence-corrected chi connectivity index (χ3v) is 6.96. The topological polar surface area (TPSA) is 157 Å².